The van der Waals surface area contributed by atoms with Crippen molar-refractivity contribution >= 4 is 10.0 Å². The summed E-state index contributed by atoms with van der Waals surface area (Å²) in [4.78, 5) is 0.313. The number of hydrogen-bond donors (Lipinski definition) is 1. The molecule has 0 radical (unpaired) electrons. The van der Waals surface area contributed by atoms with E-state index in [0.29, 0.717) is 10.8 Å². The molecule has 1 aliphatic carbocycles. The van der Waals surface area contributed by atoms with Crippen molar-refractivity contribution in [1.29, 1.82) is 0 Å². The largest absolute Gasteiger partial charge is 0.238 e. The van der Waals surface area contributed by atoms with E-state index in [1.165, 1.54) is 0 Å². The van der Waals surface area contributed by atoms with Gasteiger partial charge in [0.15, 0.2) is 0 Å². The van der Waals surface area contributed by atoms with E-state index in [1.54, 1.807) is 6.07 Å². The molecule has 1 aromatic rings. The van der Waals surface area contributed by atoms with Gasteiger partial charge in [-0.3, -0.25) is 0 Å². The summed E-state index contributed by atoms with van der Waals surface area (Å²) in [6.45, 7) is 3.96. The van der Waals surface area contributed by atoms with Crippen molar-refractivity contribution in [2.24, 2.45) is 5.14 Å². The Hall–Kier alpha value is -0.870. The van der Waals surface area contributed by atoms with Gasteiger partial charge in [-0.1, -0.05) is 6.07 Å². The van der Waals surface area contributed by atoms with Crippen LogP contribution in [-0.4, -0.2) is 8.42 Å². The van der Waals surface area contributed by atoms with Crippen molar-refractivity contribution in [1.82, 2.24) is 0 Å². The van der Waals surface area contributed by atoms with Crippen molar-refractivity contribution < 1.29 is 8.42 Å². The van der Waals surface area contributed by atoms with Crippen LogP contribution in [0.15, 0.2) is 17.0 Å². The van der Waals surface area contributed by atoms with E-state index in [9.17, 15) is 8.42 Å². The lowest BCUT2D eigenvalue weighted by Crippen LogP contribution is -2.15. The Bertz CT molecular complexity index is 502. The topological polar surface area (TPSA) is 60.2 Å². The fourth-order valence-electron chi connectivity index (χ4n) is 1.94. The van der Waals surface area contributed by atoms with Gasteiger partial charge in [0.2, 0.25) is 10.0 Å². The van der Waals surface area contributed by atoms with E-state index in [-0.39, 0.29) is 0 Å². The van der Waals surface area contributed by atoms with Crippen LogP contribution in [0.5, 0.6) is 0 Å². The van der Waals surface area contributed by atoms with E-state index < -0.39 is 10.0 Å². The molecular formula is C11H15NO2S. The Labute approximate surface area is 90.4 Å². The van der Waals surface area contributed by atoms with Crippen molar-refractivity contribution in [3.63, 3.8) is 0 Å². The second-order valence-electron chi connectivity index (χ2n) is 4.24. The molecule has 0 atom stereocenters. The van der Waals surface area contributed by atoms with Gasteiger partial charge in [-0.15, -0.1) is 0 Å². The summed E-state index contributed by atoms with van der Waals surface area (Å²) in [5.41, 5.74) is 3.14. The average Bonchev–Trinajstić information content (AvgIpc) is 2.90. The molecule has 15 heavy (non-hydrogen) atoms. The Morgan fingerprint density at radius 1 is 1.27 bits per heavy atom. The maximum absolute atomic E-state index is 11.4. The molecule has 82 valence electrons. The molecule has 1 aliphatic rings. The van der Waals surface area contributed by atoms with Gasteiger partial charge in [0.05, 0.1) is 4.90 Å². The normalized spacial score (nSPS) is 16.7. The summed E-state index contributed by atoms with van der Waals surface area (Å²) in [6, 6.07) is 3.45. The lowest BCUT2D eigenvalue weighted by atomic mass is 10.00. The number of rotatable bonds is 2. The summed E-state index contributed by atoms with van der Waals surface area (Å²) in [5.74, 6) is 0.401. The van der Waals surface area contributed by atoms with Gasteiger partial charge in [-0.2, -0.15) is 0 Å². The first-order valence-electron chi connectivity index (χ1n) is 5.04. The fraction of sp³-hybridized carbons (Fsp3) is 0.455. The Morgan fingerprint density at radius 3 is 2.33 bits per heavy atom. The zero-order chi connectivity index (χ0) is 11.2. The smallest absolute Gasteiger partial charge is 0.225 e. The third kappa shape index (κ3) is 1.92. The predicted molar refractivity (Wildman–Crippen MR) is 59.3 cm³/mol. The van der Waals surface area contributed by atoms with Gasteiger partial charge in [0.25, 0.3) is 0 Å². The van der Waals surface area contributed by atoms with E-state index in [4.69, 9.17) is 5.14 Å². The predicted octanol–water partition coefficient (Wildman–Crippen LogP) is 1.83. The molecule has 2 rings (SSSR count). The summed E-state index contributed by atoms with van der Waals surface area (Å²) < 4.78 is 22.9. The van der Waals surface area contributed by atoms with Gasteiger partial charge < -0.3 is 0 Å². The first kappa shape index (κ1) is 10.6. The van der Waals surface area contributed by atoms with E-state index in [2.05, 4.69) is 0 Å². The van der Waals surface area contributed by atoms with Crippen LogP contribution < -0.4 is 5.14 Å². The van der Waals surface area contributed by atoms with Gasteiger partial charge >= 0.3 is 0 Å². The minimum atomic E-state index is -3.58. The highest BCUT2D eigenvalue weighted by molar-refractivity contribution is 7.89. The van der Waals surface area contributed by atoms with E-state index >= 15 is 0 Å². The average molecular weight is 225 g/mol. The molecular weight excluding hydrogens is 210 g/mol. The van der Waals surface area contributed by atoms with Crippen molar-refractivity contribution in [2.75, 3.05) is 0 Å². The van der Waals surface area contributed by atoms with Crippen LogP contribution in [-0.2, 0) is 10.0 Å². The molecule has 0 aromatic heterocycles. The molecule has 0 aliphatic heterocycles. The molecule has 1 saturated carbocycles. The van der Waals surface area contributed by atoms with Crippen LogP contribution >= 0.6 is 0 Å². The van der Waals surface area contributed by atoms with Crippen LogP contribution in [0.3, 0.4) is 0 Å². The number of hydrogen-bond acceptors (Lipinski definition) is 2. The zero-order valence-corrected chi connectivity index (χ0v) is 9.76. The Morgan fingerprint density at radius 2 is 1.87 bits per heavy atom. The monoisotopic (exact) mass is 225 g/mol. The number of benzene rings is 1. The molecule has 0 saturated heterocycles. The Kier molecular flexibility index (Phi) is 2.35. The number of nitrogens with two attached hydrogens (primary N) is 1. The van der Waals surface area contributed by atoms with Gasteiger partial charge in [-0.05, 0) is 55.4 Å². The lowest BCUT2D eigenvalue weighted by Gasteiger charge is -2.12. The van der Waals surface area contributed by atoms with Gasteiger partial charge in [0, 0.05) is 0 Å². The van der Waals surface area contributed by atoms with Crippen molar-refractivity contribution in [3.05, 3.63) is 28.8 Å². The second-order valence-corrected chi connectivity index (χ2v) is 5.77. The van der Waals surface area contributed by atoms with Crippen LogP contribution in [0.25, 0.3) is 0 Å². The standard InChI is InChI=1S/C11H15NO2S/c1-7-3-6-10(15(12,13)14)11(8(7)2)9-4-5-9/h3,6,9H,4-5H2,1-2H3,(H2,12,13,14). The molecule has 1 fully saturated rings. The maximum Gasteiger partial charge on any atom is 0.238 e. The molecule has 0 unspecified atom stereocenters. The number of primary sulfonamides is 1. The SMILES string of the molecule is Cc1ccc(S(N)(=O)=O)c(C2CC2)c1C. The van der Waals surface area contributed by atoms with Crippen LogP contribution in [0.2, 0.25) is 0 Å². The maximum atomic E-state index is 11.4. The van der Waals surface area contributed by atoms with Gasteiger partial charge in [-0.25, -0.2) is 13.6 Å². The number of sulfonamides is 1. The van der Waals surface area contributed by atoms with E-state index in [1.807, 2.05) is 19.9 Å². The van der Waals surface area contributed by atoms with E-state index in [0.717, 1.165) is 29.5 Å². The van der Waals surface area contributed by atoms with Crippen LogP contribution in [0, 0.1) is 13.8 Å². The molecule has 0 heterocycles. The molecule has 4 heteroatoms. The Balaban J connectivity index is 2.70. The molecule has 3 nitrogen and oxygen atoms in total. The summed E-state index contributed by atoms with van der Waals surface area (Å²) in [7, 11) is -3.58. The summed E-state index contributed by atoms with van der Waals surface area (Å²) >= 11 is 0. The molecule has 0 amide bonds. The zero-order valence-electron chi connectivity index (χ0n) is 8.95. The highest BCUT2D eigenvalue weighted by Crippen LogP contribution is 2.44. The lowest BCUT2D eigenvalue weighted by molar-refractivity contribution is 0.596. The first-order chi connectivity index (χ1) is 6.91. The molecule has 1 aromatic carbocycles. The number of aryl methyl sites for hydroxylation is 1. The molecule has 0 spiro atoms. The molecule has 2 N–H and O–H groups in total. The van der Waals surface area contributed by atoms with Crippen LogP contribution in [0.4, 0.5) is 0 Å². The molecule has 0 bridgehead atoms. The second kappa shape index (κ2) is 3.32. The fourth-order valence-corrected chi connectivity index (χ4v) is 2.82. The summed E-state index contributed by atoms with van der Waals surface area (Å²) in [6.07, 6.45) is 2.15. The van der Waals surface area contributed by atoms with Crippen LogP contribution in [0.1, 0.15) is 35.4 Å². The highest BCUT2D eigenvalue weighted by Gasteiger charge is 2.31. The quantitative estimate of drug-likeness (QED) is 0.834. The third-order valence-corrected chi connectivity index (χ3v) is 4.01. The third-order valence-electron chi connectivity index (χ3n) is 3.04. The summed E-state index contributed by atoms with van der Waals surface area (Å²) in [5, 5.41) is 5.21. The highest BCUT2D eigenvalue weighted by atomic mass is 32.2. The van der Waals surface area contributed by atoms with Crippen molar-refractivity contribution in [3.8, 4) is 0 Å². The minimum absolute atomic E-state index is 0.313. The van der Waals surface area contributed by atoms with Crippen molar-refractivity contribution in [2.45, 2.75) is 37.5 Å². The first-order valence-corrected chi connectivity index (χ1v) is 6.59. The van der Waals surface area contributed by atoms with Gasteiger partial charge in [0.1, 0.15) is 0 Å². The minimum Gasteiger partial charge on any atom is -0.225 e.